The number of carbonyl (C=O) groups excluding carboxylic acids is 1. The van der Waals surface area contributed by atoms with Crippen molar-refractivity contribution >= 4 is 5.91 Å². The number of hydrogen-bond donors (Lipinski definition) is 1. The maximum absolute atomic E-state index is 11.1. The molecule has 1 N–H and O–H groups in total. The average Bonchev–Trinajstić information content (AvgIpc) is 2.16. The van der Waals surface area contributed by atoms with Gasteiger partial charge in [-0.3, -0.25) is 4.79 Å². The minimum atomic E-state index is -0.342. The Balaban J connectivity index is 3.44. The van der Waals surface area contributed by atoms with Gasteiger partial charge in [0.2, 0.25) is 5.91 Å². The van der Waals surface area contributed by atoms with Crippen molar-refractivity contribution in [2.24, 2.45) is 0 Å². The number of amides is 1. The van der Waals surface area contributed by atoms with Crippen LogP contribution < -0.4 is 5.32 Å². The zero-order valence-electron chi connectivity index (χ0n) is 8.63. The summed E-state index contributed by atoms with van der Waals surface area (Å²) in [6, 6.07) is 0. The van der Waals surface area contributed by atoms with Gasteiger partial charge in [-0.15, -0.1) is 0 Å². The van der Waals surface area contributed by atoms with E-state index < -0.39 is 0 Å². The first-order valence-corrected chi connectivity index (χ1v) is 4.56. The van der Waals surface area contributed by atoms with Gasteiger partial charge in [-0.25, -0.2) is 0 Å². The van der Waals surface area contributed by atoms with Gasteiger partial charge in [-0.2, -0.15) is 0 Å². The first-order chi connectivity index (χ1) is 6.24. The molecule has 0 aliphatic heterocycles. The number of hydrogen-bond acceptors (Lipinski definition) is 3. The maximum atomic E-state index is 11.1. The Hall–Kier alpha value is -0.610. The Morgan fingerprint density at radius 1 is 1.38 bits per heavy atom. The summed E-state index contributed by atoms with van der Waals surface area (Å²) < 4.78 is 9.83. The summed E-state index contributed by atoms with van der Waals surface area (Å²) in [7, 11) is 3.10. The quantitative estimate of drug-likeness (QED) is 0.606. The Bertz CT molecular complexity index is 135. The van der Waals surface area contributed by atoms with E-state index in [9.17, 15) is 4.79 Å². The van der Waals surface area contributed by atoms with Crippen LogP contribution in [0.15, 0.2) is 0 Å². The molecule has 13 heavy (non-hydrogen) atoms. The van der Waals surface area contributed by atoms with Crippen molar-refractivity contribution in [3.05, 3.63) is 0 Å². The lowest BCUT2D eigenvalue weighted by atomic mass is 10.2. The molecule has 0 aromatic carbocycles. The van der Waals surface area contributed by atoms with Gasteiger partial charge in [-0.1, -0.05) is 13.3 Å². The minimum absolute atomic E-state index is 0.0564. The lowest BCUT2D eigenvalue weighted by molar-refractivity contribution is -0.127. The van der Waals surface area contributed by atoms with E-state index in [0.717, 1.165) is 12.8 Å². The van der Waals surface area contributed by atoms with Crippen LogP contribution in [0, 0.1) is 0 Å². The molecule has 0 aliphatic carbocycles. The van der Waals surface area contributed by atoms with Crippen LogP contribution in [0.1, 0.15) is 26.2 Å². The molecule has 0 saturated heterocycles. The van der Waals surface area contributed by atoms with E-state index in [1.54, 1.807) is 14.2 Å². The van der Waals surface area contributed by atoms with Crippen molar-refractivity contribution < 1.29 is 14.3 Å². The Morgan fingerprint density at radius 3 is 2.46 bits per heavy atom. The molecule has 0 aliphatic rings. The highest BCUT2D eigenvalue weighted by atomic mass is 16.7. The van der Waals surface area contributed by atoms with E-state index in [0.29, 0.717) is 13.0 Å². The molecule has 0 spiro atoms. The van der Waals surface area contributed by atoms with Crippen molar-refractivity contribution in [1.29, 1.82) is 0 Å². The van der Waals surface area contributed by atoms with Crippen LogP contribution in [0.5, 0.6) is 0 Å². The standard InChI is InChI=1S/C9H19NO3/c1-4-5-6-8(11)10-7-9(12-2)13-3/h9H,4-7H2,1-3H3,(H,10,11). The van der Waals surface area contributed by atoms with E-state index in [4.69, 9.17) is 9.47 Å². The second-order valence-electron chi connectivity index (χ2n) is 2.81. The van der Waals surface area contributed by atoms with Crippen LogP contribution in [-0.4, -0.2) is 33.0 Å². The first kappa shape index (κ1) is 12.4. The first-order valence-electron chi connectivity index (χ1n) is 4.56. The smallest absolute Gasteiger partial charge is 0.220 e. The highest BCUT2D eigenvalue weighted by Crippen LogP contribution is 1.94. The molecule has 4 nitrogen and oxygen atoms in total. The predicted octanol–water partition coefficient (Wildman–Crippen LogP) is 0.912. The fourth-order valence-electron chi connectivity index (χ4n) is 0.886. The minimum Gasteiger partial charge on any atom is -0.354 e. The lowest BCUT2D eigenvalue weighted by Gasteiger charge is -2.13. The van der Waals surface area contributed by atoms with Crippen molar-refractivity contribution in [3.63, 3.8) is 0 Å². The molecule has 0 atom stereocenters. The van der Waals surface area contributed by atoms with Crippen molar-refractivity contribution in [3.8, 4) is 0 Å². The average molecular weight is 189 g/mol. The number of unbranched alkanes of at least 4 members (excludes halogenated alkanes) is 1. The fraction of sp³-hybridized carbons (Fsp3) is 0.889. The fourth-order valence-corrected chi connectivity index (χ4v) is 0.886. The molecule has 78 valence electrons. The Morgan fingerprint density at radius 2 is 2.00 bits per heavy atom. The normalized spacial score (nSPS) is 10.5. The largest absolute Gasteiger partial charge is 0.354 e. The Labute approximate surface area is 79.6 Å². The van der Waals surface area contributed by atoms with Crippen LogP contribution in [-0.2, 0) is 14.3 Å². The molecule has 1 amide bonds. The van der Waals surface area contributed by atoms with Crippen molar-refractivity contribution in [2.75, 3.05) is 20.8 Å². The van der Waals surface area contributed by atoms with Crippen LogP contribution in [0.3, 0.4) is 0 Å². The van der Waals surface area contributed by atoms with Crippen LogP contribution in [0.25, 0.3) is 0 Å². The van der Waals surface area contributed by atoms with Gasteiger partial charge >= 0.3 is 0 Å². The molecule has 0 bridgehead atoms. The summed E-state index contributed by atoms with van der Waals surface area (Å²) in [4.78, 5) is 11.1. The molecule has 0 fully saturated rings. The van der Waals surface area contributed by atoms with Crippen LogP contribution in [0.4, 0.5) is 0 Å². The summed E-state index contributed by atoms with van der Waals surface area (Å²) in [6.07, 6.45) is 2.20. The summed E-state index contributed by atoms with van der Waals surface area (Å²) in [5, 5.41) is 2.73. The molecule has 0 rings (SSSR count). The van der Waals surface area contributed by atoms with Gasteiger partial charge in [0.15, 0.2) is 6.29 Å². The third-order valence-corrected chi connectivity index (χ3v) is 1.75. The maximum Gasteiger partial charge on any atom is 0.220 e. The monoisotopic (exact) mass is 189 g/mol. The second kappa shape index (κ2) is 8.01. The summed E-state index contributed by atoms with van der Waals surface area (Å²) in [5.41, 5.74) is 0. The number of nitrogens with one attached hydrogen (secondary N) is 1. The van der Waals surface area contributed by atoms with Gasteiger partial charge in [0.25, 0.3) is 0 Å². The topological polar surface area (TPSA) is 47.6 Å². The molecule has 0 heterocycles. The molecule has 0 aromatic rings. The highest BCUT2D eigenvalue weighted by molar-refractivity contribution is 5.75. The van der Waals surface area contributed by atoms with E-state index in [1.165, 1.54) is 0 Å². The van der Waals surface area contributed by atoms with Gasteiger partial charge in [0, 0.05) is 20.6 Å². The van der Waals surface area contributed by atoms with Gasteiger partial charge in [-0.05, 0) is 6.42 Å². The molecule has 0 aromatic heterocycles. The summed E-state index contributed by atoms with van der Waals surface area (Å²) in [6.45, 7) is 2.47. The van der Waals surface area contributed by atoms with Crippen LogP contribution >= 0.6 is 0 Å². The zero-order valence-corrected chi connectivity index (χ0v) is 8.63. The van der Waals surface area contributed by atoms with E-state index in [1.807, 2.05) is 0 Å². The lowest BCUT2D eigenvalue weighted by Crippen LogP contribution is -2.33. The number of carbonyl (C=O) groups is 1. The van der Waals surface area contributed by atoms with Gasteiger partial charge < -0.3 is 14.8 Å². The molecule has 0 saturated carbocycles. The van der Waals surface area contributed by atoms with Gasteiger partial charge in [0.05, 0.1) is 6.54 Å². The van der Waals surface area contributed by atoms with Crippen LogP contribution in [0.2, 0.25) is 0 Å². The Kier molecular flexibility index (Phi) is 7.63. The SMILES string of the molecule is CCCCC(=O)NCC(OC)OC. The number of rotatable bonds is 7. The van der Waals surface area contributed by atoms with E-state index in [-0.39, 0.29) is 12.2 Å². The molecule has 0 radical (unpaired) electrons. The zero-order chi connectivity index (χ0) is 10.1. The predicted molar refractivity (Wildman–Crippen MR) is 50.3 cm³/mol. The van der Waals surface area contributed by atoms with E-state index >= 15 is 0 Å². The highest BCUT2D eigenvalue weighted by Gasteiger charge is 2.06. The number of ether oxygens (including phenoxy) is 2. The number of methoxy groups -OCH3 is 2. The third kappa shape index (κ3) is 6.54. The second-order valence-corrected chi connectivity index (χ2v) is 2.81. The van der Waals surface area contributed by atoms with Crippen molar-refractivity contribution in [1.82, 2.24) is 5.32 Å². The molecular formula is C9H19NO3. The summed E-state index contributed by atoms with van der Waals surface area (Å²) in [5.74, 6) is 0.0564. The van der Waals surface area contributed by atoms with E-state index in [2.05, 4.69) is 12.2 Å². The third-order valence-electron chi connectivity index (χ3n) is 1.75. The van der Waals surface area contributed by atoms with Crippen molar-refractivity contribution in [2.45, 2.75) is 32.5 Å². The molecule has 0 unspecified atom stereocenters. The van der Waals surface area contributed by atoms with Gasteiger partial charge in [0.1, 0.15) is 0 Å². The summed E-state index contributed by atoms with van der Waals surface area (Å²) >= 11 is 0. The molecule has 4 heteroatoms. The molecular weight excluding hydrogens is 170 g/mol.